The zero-order chi connectivity index (χ0) is 20.2. The van der Waals surface area contributed by atoms with Crippen molar-refractivity contribution in [3.05, 3.63) is 76.4 Å². The van der Waals surface area contributed by atoms with Crippen LogP contribution in [0.25, 0.3) is 11.1 Å². The number of para-hydroxylation sites is 3. The van der Waals surface area contributed by atoms with Crippen LogP contribution in [0, 0.1) is 0 Å². The summed E-state index contributed by atoms with van der Waals surface area (Å²) in [6.07, 6.45) is 0. The van der Waals surface area contributed by atoms with Crippen molar-refractivity contribution in [1.29, 1.82) is 0 Å². The number of carbonyl (C=O) groups is 1. The van der Waals surface area contributed by atoms with E-state index in [1.54, 1.807) is 24.3 Å². The van der Waals surface area contributed by atoms with Gasteiger partial charge in [-0.05, 0) is 25.1 Å². The maximum atomic E-state index is 12.3. The van der Waals surface area contributed by atoms with E-state index in [1.165, 1.54) is 4.57 Å². The average molecular weight is 394 g/mol. The third-order valence-electron chi connectivity index (χ3n) is 4.25. The highest BCUT2D eigenvalue weighted by molar-refractivity contribution is 5.89. The van der Waals surface area contributed by atoms with Crippen LogP contribution in [0.5, 0.6) is 5.75 Å². The molecule has 1 N–H and O–H groups in total. The number of nitrogens with zero attached hydrogens (tertiary/aromatic N) is 3. The lowest BCUT2D eigenvalue weighted by molar-refractivity contribution is 0.0906. The highest BCUT2D eigenvalue weighted by atomic mass is 16.5. The van der Waals surface area contributed by atoms with Crippen molar-refractivity contribution in [2.45, 2.75) is 20.0 Å². The van der Waals surface area contributed by atoms with Gasteiger partial charge in [-0.1, -0.05) is 35.5 Å². The van der Waals surface area contributed by atoms with Gasteiger partial charge in [-0.2, -0.15) is 4.98 Å². The van der Waals surface area contributed by atoms with E-state index in [-0.39, 0.29) is 24.8 Å². The number of rotatable bonds is 7. The standard InChI is InChI=1S/C20H18N4O5/c1-2-27-15-9-5-3-7-13(15)11-21-18(25)19-22-17(23-29-19)12-24-14-8-4-6-10-16(14)28-20(24)26/h3-10H,2,11-12H2,1H3,(H,21,25). The molecule has 0 atom stereocenters. The van der Waals surface area contributed by atoms with Crippen LogP contribution in [-0.4, -0.2) is 27.2 Å². The molecule has 29 heavy (non-hydrogen) atoms. The molecule has 9 heteroatoms. The zero-order valence-corrected chi connectivity index (χ0v) is 15.6. The van der Waals surface area contributed by atoms with E-state index in [1.807, 2.05) is 31.2 Å². The molecule has 0 unspecified atom stereocenters. The van der Waals surface area contributed by atoms with Crippen LogP contribution in [0.15, 0.2) is 62.3 Å². The average Bonchev–Trinajstić information content (AvgIpc) is 3.32. The Hall–Kier alpha value is -3.88. The highest BCUT2D eigenvalue weighted by Gasteiger charge is 2.18. The second kappa shape index (κ2) is 8.01. The van der Waals surface area contributed by atoms with E-state index in [2.05, 4.69) is 15.5 Å². The van der Waals surface area contributed by atoms with Crippen LogP contribution < -0.4 is 15.8 Å². The Balaban J connectivity index is 1.46. The zero-order valence-electron chi connectivity index (χ0n) is 15.6. The van der Waals surface area contributed by atoms with Crippen molar-refractivity contribution in [2.24, 2.45) is 0 Å². The number of aromatic nitrogens is 3. The summed E-state index contributed by atoms with van der Waals surface area (Å²) in [6, 6.07) is 14.4. The molecule has 0 fully saturated rings. The fraction of sp³-hybridized carbons (Fsp3) is 0.200. The summed E-state index contributed by atoms with van der Waals surface area (Å²) in [5.74, 6) is -0.338. The molecule has 0 saturated carbocycles. The number of hydrogen-bond acceptors (Lipinski definition) is 7. The molecule has 0 saturated heterocycles. The van der Waals surface area contributed by atoms with Gasteiger partial charge in [-0.15, -0.1) is 0 Å². The minimum absolute atomic E-state index is 0.0276. The molecule has 9 nitrogen and oxygen atoms in total. The normalized spacial score (nSPS) is 10.9. The second-order valence-electron chi connectivity index (χ2n) is 6.16. The first-order valence-electron chi connectivity index (χ1n) is 9.05. The Morgan fingerprint density at radius 2 is 1.97 bits per heavy atom. The molecule has 4 rings (SSSR count). The quantitative estimate of drug-likeness (QED) is 0.512. The Labute approximate surface area is 164 Å². The van der Waals surface area contributed by atoms with Gasteiger partial charge in [0.1, 0.15) is 5.75 Å². The summed E-state index contributed by atoms with van der Waals surface area (Å²) in [5.41, 5.74) is 1.91. The summed E-state index contributed by atoms with van der Waals surface area (Å²) in [4.78, 5) is 28.5. The maximum absolute atomic E-state index is 12.3. The molecule has 1 amide bonds. The summed E-state index contributed by atoms with van der Waals surface area (Å²) in [5, 5.41) is 6.51. The molecule has 4 aromatic rings. The lowest BCUT2D eigenvalue weighted by atomic mass is 10.2. The lowest BCUT2D eigenvalue weighted by Gasteiger charge is -2.09. The molecule has 2 aromatic heterocycles. The fourth-order valence-corrected chi connectivity index (χ4v) is 2.91. The molecular weight excluding hydrogens is 376 g/mol. The van der Waals surface area contributed by atoms with E-state index in [0.29, 0.717) is 23.5 Å². The van der Waals surface area contributed by atoms with Crippen molar-refractivity contribution < 1.29 is 18.5 Å². The summed E-state index contributed by atoms with van der Waals surface area (Å²) in [6.45, 7) is 2.70. The predicted octanol–water partition coefficient (Wildman–Crippen LogP) is 2.35. The second-order valence-corrected chi connectivity index (χ2v) is 6.16. The summed E-state index contributed by atoms with van der Waals surface area (Å²) >= 11 is 0. The molecule has 2 aromatic carbocycles. The Kier molecular flexibility index (Phi) is 5.10. The van der Waals surface area contributed by atoms with Gasteiger partial charge in [-0.25, -0.2) is 4.79 Å². The predicted molar refractivity (Wildman–Crippen MR) is 103 cm³/mol. The van der Waals surface area contributed by atoms with E-state index in [9.17, 15) is 9.59 Å². The number of fused-ring (bicyclic) bond motifs is 1. The summed E-state index contributed by atoms with van der Waals surface area (Å²) < 4.78 is 17.1. The molecule has 0 spiro atoms. The third kappa shape index (κ3) is 3.88. The van der Waals surface area contributed by atoms with Crippen molar-refractivity contribution in [3.63, 3.8) is 0 Å². The smallest absolute Gasteiger partial charge is 0.420 e. The molecule has 2 heterocycles. The number of carbonyl (C=O) groups excluding carboxylic acids is 1. The number of benzene rings is 2. The van der Waals surface area contributed by atoms with Crippen LogP contribution in [0.3, 0.4) is 0 Å². The van der Waals surface area contributed by atoms with Gasteiger partial charge in [0.15, 0.2) is 11.4 Å². The molecule has 0 bridgehead atoms. The van der Waals surface area contributed by atoms with E-state index < -0.39 is 11.7 Å². The van der Waals surface area contributed by atoms with E-state index >= 15 is 0 Å². The van der Waals surface area contributed by atoms with E-state index in [0.717, 1.165) is 5.56 Å². The monoisotopic (exact) mass is 394 g/mol. The van der Waals surface area contributed by atoms with Crippen molar-refractivity contribution >= 4 is 17.0 Å². The highest BCUT2D eigenvalue weighted by Crippen LogP contribution is 2.18. The number of ether oxygens (including phenoxy) is 1. The SMILES string of the molecule is CCOc1ccccc1CNC(=O)c1nc(Cn2c(=O)oc3ccccc32)no1. The van der Waals surface area contributed by atoms with Gasteiger partial charge < -0.3 is 19.0 Å². The lowest BCUT2D eigenvalue weighted by Crippen LogP contribution is -2.23. The molecule has 0 aliphatic heterocycles. The van der Waals surface area contributed by atoms with Crippen LogP contribution >= 0.6 is 0 Å². The van der Waals surface area contributed by atoms with Crippen LogP contribution in [0.2, 0.25) is 0 Å². The minimum Gasteiger partial charge on any atom is -0.494 e. The van der Waals surface area contributed by atoms with Gasteiger partial charge in [-0.3, -0.25) is 9.36 Å². The molecule has 0 aliphatic rings. The van der Waals surface area contributed by atoms with Gasteiger partial charge in [0.25, 0.3) is 0 Å². The van der Waals surface area contributed by atoms with E-state index in [4.69, 9.17) is 13.7 Å². The summed E-state index contributed by atoms with van der Waals surface area (Å²) in [7, 11) is 0. The first-order valence-corrected chi connectivity index (χ1v) is 9.05. The largest absolute Gasteiger partial charge is 0.494 e. The number of oxazole rings is 1. The van der Waals surface area contributed by atoms with Crippen molar-refractivity contribution in [2.75, 3.05) is 6.61 Å². The molecular formula is C20H18N4O5. The minimum atomic E-state index is -0.533. The Morgan fingerprint density at radius 1 is 1.17 bits per heavy atom. The number of amides is 1. The van der Waals surface area contributed by atoms with Crippen LogP contribution in [-0.2, 0) is 13.1 Å². The maximum Gasteiger partial charge on any atom is 0.420 e. The first-order chi connectivity index (χ1) is 14.2. The number of nitrogens with one attached hydrogen (secondary N) is 1. The molecule has 0 radical (unpaired) electrons. The van der Waals surface area contributed by atoms with Crippen molar-refractivity contribution in [1.82, 2.24) is 20.0 Å². The third-order valence-corrected chi connectivity index (χ3v) is 4.25. The van der Waals surface area contributed by atoms with Gasteiger partial charge >= 0.3 is 17.6 Å². The van der Waals surface area contributed by atoms with Gasteiger partial charge in [0, 0.05) is 12.1 Å². The molecule has 0 aliphatic carbocycles. The molecule has 148 valence electrons. The number of hydrogen-bond donors (Lipinski definition) is 1. The Morgan fingerprint density at radius 3 is 2.83 bits per heavy atom. The van der Waals surface area contributed by atoms with Crippen LogP contribution in [0.4, 0.5) is 0 Å². The topological polar surface area (TPSA) is 112 Å². The Bertz CT molecular complexity index is 1210. The van der Waals surface area contributed by atoms with Gasteiger partial charge in [0.2, 0.25) is 0 Å². The fourth-order valence-electron chi connectivity index (χ4n) is 2.91. The van der Waals surface area contributed by atoms with Gasteiger partial charge in [0.05, 0.1) is 18.7 Å². The van der Waals surface area contributed by atoms with Crippen molar-refractivity contribution in [3.8, 4) is 5.75 Å². The van der Waals surface area contributed by atoms with Crippen LogP contribution in [0.1, 0.15) is 29.0 Å². The first kappa shape index (κ1) is 18.5.